The quantitative estimate of drug-likeness (QED) is 0.801. The van der Waals surface area contributed by atoms with Crippen LogP contribution >= 0.6 is 0 Å². The lowest BCUT2D eigenvalue weighted by Gasteiger charge is -2.36. The highest BCUT2D eigenvalue weighted by Gasteiger charge is 2.28. The summed E-state index contributed by atoms with van der Waals surface area (Å²) in [5.41, 5.74) is 0. The lowest BCUT2D eigenvalue weighted by molar-refractivity contribution is 0.0620. The van der Waals surface area contributed by atoms with Crippen molar-refractivity contribution < 1.29 is 9.13 Å². The van der Waals surface area contributed by atoms with Gasteiger partial charge < -0.3 is 9.64 Å². The zero-order valence-corrected chi connectivity index (χ0v) is 10.5. The lowest BCUT2D eigenvalue weighted by atomic mass is 9.91. The second-order valence-corrected chi connectivity index (χ2v) is 4.93. The Kier molecular flexibility index (Phi) is 4.00. The SMILES string of the molecule is CN(C)[C@H]1CCCC[C@@H]1Oc1cccc(F)c1. The third kappa shape index (κ3) is 3.19. The molecular weight excluding hydrogens is 217 g/mol. The van der Waals surface area contributed by atoms with E-state index in [-0.39, 0.29) is 11.9 Å². The van der Waals surface area contributed by atoms with Gasteiger partial charge in [0, 0.05) is 12.1 Å². The van der Waals surface area contributed by atoms with Crippen LogP contribution < -0.4 is 4.74 Å². The molecule has 3 heteroatoms. The van der Waals surface area contributed by atoms with Gasteiger partial charge in [0.25, 0.3) is 0 Å². The van der Waals surface area contributed by atoms with Crippen molar-refractivity contribution in [1.29, 1.82) is 0 Å². The molecule has 1 aromatic carbocycles. The molecule has 0 N–H and O–H groups in total. The highest BCUT2D eigenvalue weighted by molar-refractivity contribution is 5.23. The van der Waals surface area contributed by atoms with Gasteiger partial charge in [0.2, 0.25) is 0 Å². The predicted octanol–water partition coefficient (Wildman–Crippen LogP) is 3.08. The zero-order valence-electron chi connectivity index (χ0n) is 10.5. The summed E-state index contributed by atoms with van der Waals surface area (Å²) in [4.78, 5) is 2.21. The third-order valence-corrected chi connectivity index (χ3v) is 3.41. The zero-order chi connectivity index (χ0) is 12.3. The Hall–Kier alpha value is -1.09. The summed E-state index contributed by atoms with van der Waals surface area (Å²) in [7, 11) is 4.16. The lowest BCUT2D eigenvalue weighted by Crippen LogP contribution is -2.44. The molecule has 2 nitrogen and oxygen atoms in total. The van der Waals surface area contributed by atoms with Crippen LogP contribution in [0.1, 0.15) is 25.7 Å². The van der Waals surface area contributed by atoms with Crippen LogP contribution in [0.25, 0.3) is 0 Å². The van der Waals surface area contributed by atoms with E-state index < -0.39 is 0 Å². The number of nitrogens with zero attached hydrogens (tertiary/aromatic N) is 1. The minimum atomic E-state index is -0.236. The number of rotatable bonds is 3. The second kappa shape index (κ2) is 5.50. The number of benzene rings is 1. The largest absolute Gasteiger partial charge is 0.489 e. The van der Waals surface area contributed by atoms with Gasteiger partial charge in [-0.1, -0.05) is 12.5 Å². The molecule has 0 heterocycles. The van der Waals surface area contributed by atoms with Crippen LogP contribution in [0.5, 0.6) is 5.75 Å². The minimum absolute atomic E-state index is 0.181. The van der Waals surface area contributed by atoms with E-state index in [0.717, 1.165) is 12.8 Å². The molecule has 0 aliphatic heterocycles. The first kappa shape index (κ1) is 12.4. The molecule has 0 aromatic heterocycles. The van der Waals surface area contributed by atoms with Crippen molar-refractivity contribution in [2.45, 2.75) is 37.8 Å². The molecule has 1 aromatic rings. The summed E-state index contributed by atoms with van der Waals surface area (Å²) in [5.74, 6) is 0.406. The Morgan fingerprint density at radius 2 is 2.00 bits per heavy atom. The topological polar surface area (TPSA) is 12.5 Å². The third-order valence-electron chi connectivity index (χ3n) is 3.41. The molecule has 0 bridgehead atoms. The first-order chi connectivity index (χ1) is 8.16. The second-order valence-electron chi connectivity index (χ2n) is 4.93. The van der Waals surface area contributed by atoms with E-state index >= 15 is 0 Å². The van der Waals surface area contributed by atoms with Crippen LogP contribution in [0, 0.1) is 5.82 Å². The maximum Gasteiger partial charge on any atom is 0.126 e. The average molecular weight is 237 g/mol. The molecule has 0 radical (unpaired) electrons. The first-order valence-electron chi connectivity index (χ1n) is 6.25. The molecule has 1 aliphatic carbocycles. The van der Waals surface area contributed by atoms with Crippen molar-refractivity contribution in [3.8, 4) is 5.75 Å². The van der Waals surface area contributed by atoms with Crippen LogP contribution in [0.3, 0.4) is 0 Å². The van der Waals surface area contributed by atoms with E-state index in [9.17, 15) is 4.39 Å². The van der Waals surface area contributed by atoms with Crippen LogP contribution in [0.4, 0.5) is 4.39 Å². The van der Waals surface area contributed by atoms with E-state index in [1.807, 2.05) is 6.07 Å². The molecule has 0 unspecified atom stereocenters. The number of hydrogen-bond acceptors (Lipinski definition) is 2. The van der Waals surface area contributed by atoms with Crippen LogP contribution in [-0.4, -0.2) is 31.1 Å². The minimum Gasteiger partial charge on any atom is -0.489 e. The number of ether oxygens (including phenoxy) is 1. The highest BCUT2D eigenvalue weighted by Crippen LogP contribution is 2.26. The van der Waals surface area contributed by atoms with Gasteiger partial charge in [0.15, 0.2) is 0 Å². The molecule has 17 heavy (non-hydrogen) atoms. The molecule has 0 spiro atoms. The summed E-state index contributed by atoms with van der Waals surface area (Å²) in [6, 6.07) is 6.85. The van der Waals surface area contributed by atoms with Crippen molar-refractivity contribution in [3.05, 3.63) is 30.1 Å². The highest BCUT2D eigenvalue weighted by atomic mass is 19.1. The van der Waals surface area contributed by atoms with Crippen molar-refractivity contribution in [1.82, 2.24) is 4.90 Å². The van der Waals surface area contributed by atoms with Crippen molar-refractivity contribution in [2.75, 3.05) is 14.1 Å². The van der Waals surface area contributed by atoms with Gasteiger partial charge in [-0.15, -0.1) is 0 Å². The molecule has 2 rings (SSSR count). The maximum absolute atomic E-state index is 13.1. The van der Waals surface area contributed by atoms with E-state index in [1.54, 1.807) is 6.07 Å². The molecule has 1 saturated carbocycles. The fourth-order valence-electron chi connectivity index (χ4n) is 2.52. The van der Waals surface area contributed by atoms with E-state index in [4.69, 9.17) is 4.74 Å². The van der Waals surface area contributed by atoms with Gasteiger partial charge in [0.1, 0.15) is 17.7 Å². The molecule has 1 aliphatic rings. The molecule has 1 fully saturated rings. The monoisotopic (exact) mass is 237 g/mol. The standard InChI is InChI=1S/C14H20FNO/c1-16(2)13-8-3-4-9-14(13)17-12-7-5-6-11(15)10-12/h5-7,10,13-14H,3-4,8-9H2,1-2H3/t13-,14-/m0/s1. The van der Waals surface area contributed by atoms with Crippen LogP contribution in [0.15, 0.2) is 24.3 Å². The summed E-state index contributed by atoms with van der Waals surface area (Å²) in [6.45, 7) is 0. The van der Waals surface area contributed by atoms with Crippen molar-refractivity contribution in [2.24, 2.45) is 0 Å². The Bertz CT molecular complexity index is 367. The summed E-state index contributed by atoms with van der Waals surface area (Å²) in [6.07, 6.45) is 4.85. The Balaban J connectivity index is 2.05. The smallest absolute Gasteiger partial charge is 0.126 e. The number of hydrogen-bond donors (Lipinski definition) is 0. The number of likely N-dealkylation sites (N-methyl/N-ethyl adjacent to an activating group) is 1. The molecule has 94 valence electrons. The van der Waals surface area contributed by atoms with Crippen molar-refractivity contribution in [3.63, 3.8) is 0 Å². The van der Waals surface area contributed by atoms with E-state index in [0.29, 0.717) is 11.8 Å². The summed E-state index contributed by atoms with van der Waals surface area (Å²) in [5, 5.41) is 0. The predicted molar refractivity (Wildman–Crippen MR) is 66.8 cm³/mol. The number of halogens is 1. The molecule has 2 atom stereocenters. The average Bonchev–Trinajstić information content (AvgIpc) is 2.29. The normalized spacial score (nSPS) is 24.9. The Morgan fingerprint density at radius 3 is 2.71 bits per heavy atom. The van der Waals surface area contributed by atoms with Crippen LogP contribution in [-0.2, 0) is 0 Å². The summed E-state index contributed by atoms with van der Waals surface area (Å²) < 4.78 is 19.0. The van der Waals surface area contributed by atoms with Gasteiger partial charge in [-0.2, -0.15) is 0 Å². The van der Waals surface area contributed by atoms with Gasteiger partial charge in [-0.25, -0.2) is 4.39 Å². The Labute approximate surface area is 102 Å². The van der Waals surface area contributed by atoms with Gasteiger partial charge in [0.05, 0.1) is 0 Å². The fourth-order valence-corrected chi connectivity index (χ4v) is 2.52. The molecule has 0 saturated heterocycles. The first-order valence-corrected chi connectivity index (χ1v) is 6.25. The van der Waals surface area contributed by atoms with Gasteiger partial charge >= 0.3 is 0 Å². The van der Waals surface area contributed by atoms with Crippen molar-refractivity contribution >= 4 is 0 Å². The van der Waals surface area contributed by atoms with Gasteiger partial charge in [-0.05, 0) is 45.5 Å². The fraction of sp³-hybridized carbons (Fsp3) is 0.571. The summed E-state index contributed by atoms with van der Waals surface area (Å²) >= 11 is 0. The van der Waals surface area contributed by atoms with E-state index in [2.05, 4.69) is 19.0 Å². The Morgan fingerprint density at radius 1 is 1.24 bits per heavy atom. The van der Waals surface area contributed by atoms with Gasteiger partial charge in [-0.3, -0.25) is 0 Å². The van der Waals surface area contributed by atoms with Crippen LogP contribution in [0.2, 0.25) is 0 Å². The molecule has 0 amide bonds. The molecular formula is C14H20FNO. The van der Waals surface area contributed by atoms with E-state index in [1.165, 1.54) is 25.0 Å². The maximum atomic E-state index is 13.1.